The van der Waals surface area contributed by atoms with Crippen molar-refractivity contribution in [1.29, 1.82) is 0 Å². The maximum absolute atomic E-state index is 12.7. The number of aryl methyl sites for hydroxylation is 1. The predicted molar refractivity (Wildman–Crippen MR) is 95.6 cm³/mol. The highest BCUT2D eigenvalue weighted by Crippen LogP contribution is 2.35. The van der Waals surface area contributed by atoms with E-state index < -0.39 is 0 Å². The van der Waals surface area contributed by atoms with Crippen molar-refractivity contribution < 1.29 is 4.79 Å². The second kappa shape index (κ2) is 7.27. The van der Waals surface area contributed by atoms with E-state index in [0.29, 0.717) is 6.54 Å². The molecule has 4 nitrogen and oxygen atoms in total. The van der Waals surface area contributed by atoms with Crippen molar-refractivity contribution in [2.45, 2.75) is 38.6 Å². The number of aromatic nitrogens is 1. The van der Waals surface area contributed by atoms with Gasteiger partial charge in [-0.25, -0.2) is 4.79 Å². The van der Waals surface area contributed by atoms with Gasteiger partial charge in [0.15, 0.2) is 0 Å². The number of urea groups is 1. The van der Waals surface area contributed by atoms with Crippen molar-refractivity contribution in [3.05, 3.63) is 61.0 Å². The van der Waals surface area contributed by atoms with Crippen LogP contribution in [0.1, 0.15) is 32.4 Å². The molecular weight excluding hydrogens is 286 g/mol. The summed E-state index contributed by atoms with van der Waals surface area (Å²) in [4.78, 5) is 19.0. The lowest BCUT2D eigenvalue weighted by Crippen LogP contribution is -2.55. The Labute approximate surface area is 138 Å². The molecule has 0 saturated carbocycles. The van der Waals surface area contributed by atoms with E-state index in [1.54, 1.807) is 18.3 Å². The van der Waals surface area contributed by atoms with Crippen LogP contribution in [0, 0.1) is 0 Å². The Balaban J connectivity index is 2.10. The summed E-state index contributed by atoms with van der Waals surface area (Å²) in [5.41, 5.74) is 2.73. The van der Waals surface area contributed by atoms with Crippen LogP contribution in [-0.2, 0) is 6.42 Å². The van der Waals surface area contributed by atoms with Gasteiger partial charge in [-0.15, -0.1) is 0 Å². The zero-order valence-corrected chi connectivity index (χ0v) is 14.0. The molecule has 0 atom stereocenters. The third-order valence-electron chi connectivity index (χ3n) is 4.17. The number of nitrogens with zero attached hydrogens (tertiary/aromatic N) is 2. The van der Waals surface area contributed by atoms with Crippen molar-refractivity contribution in [2.75, 3.05) is 11.4 Å². The topological polar surface area (TPSA) is 45.2 Å². The molecule has 0 bridgehead atoms. The molecule has 0 fully saturated rings. The highest BCUT2D eigenvalue weighted by molar-refractivity contribution is 5.94. The van der Waals surface area contributed by atoms with Crippen molar-refractivity contribution in [1.82, 2.24) is 10.3 Å². The van der Waals surface area contributed by atoms with Crippen LogP contribution in [0.3, 0.4) is 0 Å². The number of fused-ring (bicyclic) bond motifs is 1. The molecule has 23 heavy (non-hydrogen) atoms. The summed E-state index contributed by atoms with van der Waals surface area (Å²) in [6.45, 7) is 12.2. The number of allylic oxidation sites excluding steroid dienone is 3. The Bertz CT molecular complexity index is 631. The summed E-state index contributed by atoms with van der Waals surface area (Å²) in [6.07, 6.45) is 9.74. The van der Waals surface area contributed by atoms with Gasteiger partial charge in [0.25, 0.3) is 0 Å². The molecule has 1 aliphatic heterocycles. The number of rotatable bonds is 5. The SMILES string of the molecule is C=C/C=C(\C=C)CCNC(=O)N1c2cccnc2CCC1(C)C. The fourth-order valence-corrected chi connectivity index (χ4v) is 2.87. The first-order chi connectivity index (χ1) is 11.0. The minimum Gasteiger partial charge on any atom is -0.337 e. The van der Waals surface area contributed by atoms with Crippen molar-refractivity contribution in [3.63, 3.8) is 0 Å². The average molecular weight is 311 g/mol. The molecule has 0 spiro atoms. The number of pyridine rings is 1. The fraction of sp³-hybridized carbons (Fsp3) is 0.368. The summed E-state index contributed by atoms with van der Waals surface area (Å²) >= 11 is 0. The van der Waals surface area contributed by atoms with Gasteiger partial charge < -0.3 is 5.32 Å². The van der Waals surface area contributed by atoms with Gasteiger partial charge in [0, 0.05) is 18.3 Å². The maximum Gasteiger partial charge on any atom is 0.322 e. The molecule has 2 heterocycles. The lowest BCUT2D eigenvalue weighted by Gasteiger charge is -2.42. The van der Waals surface area contributed by atoms with E-state index in [1.807, 2.05) is 23.1 Å². The smallest absolute Gasteiger partial charge is 0.322 e. The Hall–Kier alpha value is -2.36. The number of hydrogen-bond acceptors (Lipinski definition) is 2. The van der Waals surface area contributed by atoms with Crippen LogP contribution >= 0.6 is 0 Å². The standard InChI is InChI=1S/C19H25N3O/c1-5-8-15(6-2)11-14-21-18(23)22-17-9-7-13-20-16(17)10-12-19(22,3)4/h5-9,13H,1-2,10-12,14H2,3-4H3,(H,21,23)/b15-8+. The van der Waals surface area contributed by atoms with E-state index in [2.05, 4.69) is 37.3 Å². The Morgan fingerprint density at radius 3 is 2.96 bits per heavy atom. The molecule has 122 valence electrons. The lowest BCUT2D eigenvalue weighted by molar-refractivity contribution is 0.237. The number of carbonyl (C=O) groups excluding carboxylic acids is 1. The van der Waals surface area contributed by atoms with E-state index in [1.165, 1.54) is 0 Å². The van der Waals surface area contributed by atoms with E-state index in [9.17, 15) is 4.79 Å². The van der Waals surface area contributed by atoms with Crippen LogP contribution < -0.4 is 10.2 Å². The Kier molecular flexibility index (Phi) is 5.37. The van der Waals surface area contributed by atoms with E-state index >= 15 is 0 Å². The minimum absolute atomic E-state index is 0.0778. The molecule has 4 heteroatoms. The summed E-state index contributed by atoms with van der Waals surface area (Å²) in [7, 11) is 0. The molecule has 0 radical (unpaired) electrons. The average Bonchev–Trinajstić information content (AvgIpc) is 2.53. The van der Waals surface area contributed by atoms with E-state index in [-0.39, 0.29) is 11.6 Å². The molecule has 2 rings (SSSR count). The summed E-state index contributed by atoms with van der Waals surface area (Å²) in [6, 6.07) is 3.77. The van der Waals surface area contributed by atoms with Gasteiger partial charge in [-0.1, -0.05) is 31.4 Å². The van der Waals surface area contributed by atoms with Gasteiger partial charge in [0.2, 0.25) is 0 Å². The molecule has 0 aromatic carbocycles. The van der Waals surface area contributed by atoms with Crippen molar-refractivity contribution in [3.8, 4) is 0 Å². The summed E-state index contributed by atoms with van der Waals surface area (Å²) in [5.74, 6) is 0. The van der Waals surface area contributed by atoms with E-state index in [0.717, 1.165) is 36.2 Å². The first-order valence-corrected chi connectivity index (χ1v) is 7.95. The highest BCUT2D eigenvalue weighted by atomic mass is 16.2. The quantitative estimate of drug-likeness (QED) is 0.835. The molecule has 0 aliphatic carbocycles. The second-order valence-corrected chi connectivity index (χ2v) is 6.28. The van der Waals surface area contributed by atoms with Crippen LogP contribution in [-0.4, -0.2) is 23.1 Å². The molecular formula is C19H25N3O. The first kappa shape index (κ1) is 17.0. The van der Waals surface area contributed by atoms with Gasteiger partial charge >= 0.3 is 6.03 Å². The van der Waals surface area contributed by atoms with Gasteiger partial charge in [-0.2, -0.15) is 0 Å². The van der Waals surface area contributed by atoms with Gasteiger partial charge in [0.05, 0.1) is 11.4 Å². The zero-order chi connectivity index (χ0) is 16.9. The number of anilines is 1. The maximum atomic E-state index is 12.7. The number of carbonyl (C=O) groups is 1. The molecule has 0 unspecified atom stereocenters. The van der Waals surface area contributed by atoms with Gasteiger partial charge in [-0.3, -0.25) is 9.88 Å². The van der Waals surface area contributed by atoms with E-state index in [4.69, 9.17) is 0 Å². The minimum atomic E-state index is -0.224. The van der Waals surface area contributed by atoms with Crippen LogP contribution in [0.15, 0.2) is 55.3 Å². The summed E-state index contributed by atoms with van der Waals surface area (Å²) in [5, 5.41) is 3.01. The largest absolute Gasteiger partial charge is 0.337 e. The monoisotopic (exact) mass is 311 g/mol. The fourth-order valence-electron chi connectivity index (χ4n) is 2.87. The zero-order valence-electron chi connectivity index (χ0n) is 14.0. The molecule has 1 aromatic rings. The Morgan fingerprint density at radius 2 is 2.26 bits per heavy atom. The second-order valence-electron chi connectivity index (χ2n) is 6.28. The molecule has 2 amide bonds. The third kappa shape index (κ3) is 3.89. The Morgan fingerprint density at radius 1 is 1.48 bits per heavy atom. The summed E-state index contributed by atoms with van der Waals surface area (Å²) < 4.78 is 0. The lowest BCUT2D eigenvalue weighted by atomic mass is 9.89. The van der Waals surface area contributed by atoms with Gasteiger partial charge in [0.1, 0.15) is 0 Å². The number of nitrogens with one attached hydrogen (secondary N) is 1. The van der Waals surface area contributed by atoms with Crippen molar-refractivity contribution >= 4 is 11.7 Å². The predicted octanol–water partition coefficient (Wildman–Crippen LogP) is 4.01. The highest BCUT2D eigenvalue weighted by Gasteiger charge is 2.37. The van der Waals surface area contributed by atoms with Gasteiger partial charge in [-0.05, 0) is 50.8 Å². The molecule has 1 aromatic heterocycles. The van der Waals surface area contributed by atoms with Crippen LogP contribution in [0.5, 0.6) is 0 Å². The number of amides is 2. The van der Waals surface area contributed by atoms with Crippen molar-refractivity contribution in [2.24, 2.45) is 0 Å². The first-order valence-electron chi connectivity index (χ1n) is 7.95. The third-order valence-corrected chi connectivity index (χ3v) is 4.17. The van der Waals surface area contributed by atoms with Crippen LogP contribution in [0.25, 0.3) is 0 Å². The molecule has 1 aliphatic rings. The molecule has 1 N–H and O–H groups in total. The normalized spacial score (nSPS) is 16.4. The molecule has 0 saturated heterocycles. The van der Waals surface area contributed by atoms with Crippen LogP contribution in [0.2, 0.25) is 0 Å². The number of hydrogen-bond donors (Lipinski definition) is 1. The van der Waals surface area contributed by atoms with Crippen LogP contribution in [0.4, 0.5) is 10.5 Å².